The van der Waals surface area contributed by atoms with E-state index >= 15 is 0 Å². The molecular weight excluding hydrogens is 634 g/mol. The van der Waals surface area contributed by atoms with Gasteiger partial charge in [-0.1, -0.05) is 12.1 Å². The van der Waals surface area contributed by atoms with Crippen LogP contribution in [0.2, 0.25) is 0 Å². The number of furan rings is 1. The van der Waals surface area contributed by atoms with Gasteiger partial charge in [-0.15, -0.1) is 0 Å². The molecule has 18 heteroatoms. The minimum atomic E-state index is -5.08. The van der Waals surface area contributed by atoms with Crippen LogP contribution < -0.4 is 10.1 Å². The first kappa shape index (κ1) is 35.9. The molecule has 0 bridgehead atoms. The summed E-state index contributed by atoms with van der Waals surface area (Å²) in [4.78, 5) is 37.8. The number of alkyl halides is 6. The Morgan fingerprint density at radius 1 is 1.00 bits per heavy atom. The Morgan fingerprint density at radius 2 is 1.59 bits per heavy atom. The highest BCUT2D eigenvalue weighted by Gasteiger charge is 2.47. The highest BCUT2D eigenvalue weighted by Crippen LogP contribution is 2.40. The fourth-order valence-electron chi connectivity index (χ4n) is 4.63. The van der Waals surface area contributed by atoms with Crippen molar-refractivity contribution < 1.29 is 64.8 Å². The number of carboxylic acid groups (broad SMARTS) is 2. The summed E-state index contributed by atoms with van der Waals surface area (Å²) >= 11 is 0. The normalized spacial score (nSPS) is 17.4. The molecule has 252 valence electrons. The second-order valence-corrected chi connectivity index (χ2v) is 10.1. The van der Waals surface area contributed by atoms with Crippen molar-refractivity contribution >= 4 is 17.8 Å². The number of amides is 1. The first-order chi connectivity index (χ1) is 21.5. The number of hydrogen-bond acceptors (Lipinski definition) is 8. The quantitative estimate of drug-likeness (QED) is 0.330. The Bertz CT molecular complexity index is 1410. The Kier molecular flexibility index (Phi) is 11.8. The summed E-state index contributed by atoms with van der Waals surface area (Å²) in [5.41, 5.74) is 1.65. The summed E-state index contributed by atoms with van der Waals surface area (Å²) in [6.45, 7) is 3.53. The molecule has 5 rings (SSSR count). The number of aromatic nitrogens is 2. The average Bonchev–Trinajstić information content (AvgIpc) is 3.70. The van der Waals surface area contributed by atoms with Crippen molar-refractivity contribution in [2.45, 2.75) is 56.5 Å². The fourth-order valence-corrected chi connectivity index (χ4v) is 4.63. The molecule has 0 saturated carbocycles. The molecule has 4 heterocycles. The van der Waals surface area contributed by atoms with E-state index in [1.807, 2.05) is 36.5 Å². The van der Waals surface area contributed by atoms with Crippen molar-refractivity contribution in [2.24, 2.45) is 0 Å². The van der Waals surface area contributed by atoms with Crippen LogP contribution in [0.5, 0.6) is 5.75 Å². The number of aliphatic carboxylic acids is 2. The Labute approximate surface area is 257 Å². The zero-order chi connectivity index (χ0) is 34.1. The largest absolute Gasteiger partial charge is 0.497 e. The summed E-state index contributed by atoms with van der Waals surface area (Å²) in [7, 11) is 1.64. The first-order valence-electron chi connectivity index (χ1n) is 13.5. The van der Waals surface area contributed by atoms with E-state index in [4.69, 9.17) is 33.7 Å². The number of rotatable bonds is 6. The van der Waals surface area contributed by atoms with Gasteiger partial charge >= 0.3 is 24.3 Å². The standard InChI is InChI=1S/C24H28N4O4.2C2HF3O2/c1-30-20-4-2-18(3-5-20)14-26-22(29)21-16-28-12-9-25-23(28)24(32-21)7-10-27(11-8-24)15-19-6-13-31-17-19;2*3-2(4,5)1(6)7/h2-6,9,12-13,17,21H,7-8,10-11,14-16H2,1H3,(H,26,29);2*(H,6,7). The number of piperidine rings is 1. The van der Waals surface area contributed by atoms with Crippen LogP contribution in [0.1, 0.15) is 29.8 Å². The summed E-state index contributed by atoms with van der Waals surface area (Å²) in [6.07, 6.45) is -1.88. The second-order valence-electron chi connectivity index (χ2n) is 10.1. The van der Waals surface area contributed by atoms with Crippen LogP contribution in [0.15, 0.2) is 59.7 Å². The zero-order valence-corrected chi connectivity index (χ0v) is 24.2. The van der Waals surface area contributed by atoms with E-state index in [2.05, 4.69) is 19.8 Å². The van der Waals surface area contributed by atoms with Gasteiger partial charge in [0.15, 0.2) is 6.10 Å². The number of methoxy groups -OCH3 is 1. The lowest BCUT2D eigenvalue weighted by Gasteiger charge is -2.45. The Morgan fingerprint density at radius 3 is 2.09 bits per heavy atom. The molecule has 1 saturated heterocycles. The third kappa shape index (κ3) is 9.96. The van der Waals surface area contributed by atoms with E-state index < -0.39 is 36.0 Å². The molecule has 1 aromatic carbocycles. The molecule has 0 aliphatic carbocycles. The maximum atomic E-state index is 13.0. The second kappa shape index (κ2) is 15.1. The van der Waals surface area contributed by atoms with Gasteiger partial charge in [-0.3, -0.25) is 9.69 Å². The maximum Gasteiger partial charge on any atom is 0.490 e. The van der Waals surface area contributed by atoms with Gasteiger partial charge in [-0.25, -0.2) is 14.6 Å². The molecule has 1 fully saturated rings. The third-order valence-corrected chi connectivity index (χ3v) is 6.91. The molecule has 3 N–H and O–H groups in total. The number of carbonyl (C=O) groups excluding carboxylic acids is 1. The number of likely N-dealkylation sites (tertiary alicyclic amines) is 1. The minimum Gasteiger partial charge on any atom is -0.497 e. The Hall–Kier alpha value is -4.58. The van der Waals surface area contributed by atoms with Crippen molar-refractivity contribution in [1.29, 1.82) is 0 Å². The number of nitrogens with one attached hydrogen (secondary N) is 1. The van der Waals surface area contributed by atoms with Crippen molar-refractivity contribution in [3.8, 4) is 5.75 Å². The number of carboxylic acids is 2. The maximum absolute atomic E-state index is 13.0. The van der Waals surface area contributed by atoms with E-state index in [0.717, 1.165) is 49.6 Å². The molecule has 0 radical (unpaired) electrons. The van der Waals surface area contributed by atoms with E-state index in [1.54, 1.807) is 25.8 Å². The van der Waals surface area contributed by atoms with Gasteiger partial charge in [-0.05, 0) is 36.6 Å². The number of nitrogens with zero attached hydrogens (tertiary/aromatic N) is 3. The molecule has 1 amide bonds. The van der Waals surface area contributed by atoms with E-state index in [0.29, 0.717) is 13.1 Å². The van der Waals surface area contributed by atoms with Crippen LogP contribution in [0, 0.1) is 0 Å². The molecule has 2 aromatic heterocycles. The number of halogens is 6. The predicted octanol–water partition coefficient (Wildman–Crippen LogP) is 3.96. The van der Waals surface area contributed by atoms with E-state index in [1.165, 1.54) is 5.56 Å². The van der Waals surface area contributed by atoms with Gasteiger partial charge in [0.2, 0.25) is 0 Å². The summed E-state index contributed by atoms with van der Waals surface area (Å²) in [5.74, 6) is -3.88. The predicted molar refractivity (Wildman–Crippen MR) is 144 cm³/mol. The smallest absolute Gasteiger partial charge is 0.490 e. The Balaban J connectivity index is 0.000000345. The monoisotopic (exact) mass is 664 g/mol. The summed E-state index contributed by atoms with van der Waals surface area (Å²) in [5, 5.41) is 17.3. The van der Waals surface area contributed by atoms with Gasteiger partial charge < -0.3 is 34.0 Å². The van der Waals surface area contributed by atoms with Gasteiger partial charge in [-0.2, -0.15) is 26.3 Å². The first-order valence-corrected chi connectivity index (χ1v) is 13.5. The zero-order valence-electron chi connectivity index (χ0n) is 24.2. The van der Waals surface area contributed by atoms with Gasteiger partial charge in [0.05, 0.1) is 26.2 Å². The lowest BCUT2D eigenvalue weighted by molar-refractivity contribution is -0.193. The van der Waals surface area contributed by atoms with E-state index in [9.17, 15) is 31.1 Å². The van der Waals surface area contributed by atoms with Gasteiger partial charge in [0.25, 0.3) is 5.91 Å². The molecular formula is C28H30F6N4O8. The van der Waals surface area contributed by atoms with Crippen LogP contribution in [-0.4, -0.2) is 81.2 Å². The van der Waals surface area contributed by atoms with Crippen LogP contribution in [0.3, 0.4) is 0 Å². The molecule has 12 nitrogen and oxygen atoms in total. The highest BCUT2D eigenvalue weighted by atomic mass is 19.4. The third-order valence-electron chi connectivity index (χ3n) is 6.91. The van der Waals surface area contributed by atoms with E-state index in [-0.39, 0.29) is 5.91 Å². The average molecular weight is 665 g/mol. The number of benzene rings is 1. The van der Waals surface area contributed by atoms with Crippen LogP contribution in [0.25, 0.3) is 0 Å². The van der Waals surface area contributed by atoms with Crippen molar-refractivity contribution in [1.82, 2.24) is 19.8 Å². The fraction of sp³-hybridized carbons (Fsp3) is 0.429. The number of hydrogen-bond donors (Lipinski definition) is 3. The lowest BCUT2D eigenvalue weighted by atomic mass is 9.88. The molecule has 2 aliphatic heterocycles. The molecule has 46 heavy (non-hydrogen) atoms. The number of ether oxygens (including phenoxy) is 2. The van der Waals surface area contributed by atoms with Gasteiger partial charge in [0.1, 0.15) is 17.2 Å². The van der Waals surface area contributed by atoms with Crippen LogP contribution >= 0.6 is 0 Å². The lowest BCUT2D eigenvalue weighted by Crippen LogP contribution is -2.53. The van der Waals surface area contributed by atoms with Crippen molar-refractivity contribution in [3.05, 3.63) is 72.2 Å². The summed E-state index contributed by atoms with van der Waals surface area (Å²) < 4.78 is 82.4. The van der Waals surface area contributed by atoms with Crippen LogP contribution in [0.4, 0.5) is 26.3 Å². The van der Waals surface area contributed by atoms with Crippen molar-refractivity contribution in [3.63, 3.8) is 0 Å². The minimum absolute atomic E-state index is 0.0969. The number of fused-ring (bicyclic) bond motifs is 2. The highest BCUT2D eigenvalue weighted by molar-refractivity contribution is 5.81. The number of imidazole rings is 1. The van der Waals surface area contributed by atoms with Gasteiger partial charge in [0, 0.05) is 44.1 Å². The molecule has 2 aliphatic rings. The molecule has 1 spiro atoms. The number of carbonyl (C=O) groups is 3. The molecule has 1 unspecified atom stereocenters. The van der Waals surface area contributed by atoms with Crippen molar-refractivity contribution in [2.75, 3.05) is 20.2 Å². The molecule has 3 aromatic rings. The molecule has 1 atom stereocenters. The summed E-state index contributed by atoms with van der Waals surface area (Å²) in [6, 6.07) is 9.68. The van der Waals surface area contributed by atoms with Crippen LogP contribution in [-0.2, 0) is 44.4 Å². The topological polar surface area (TPSA) is 156 Å². The SMILES string of the molecule is COc1ccc(CNC(=O)C2Cn3ccnc3C3(CCN(Cc4ccoc4)CC3)O2)cc1.O=C(O)C(F)(F)F.O=C(O)C(F)(F)F.